The number of piperidine rings is 1. The Labute approximate surface area is 164 Å². The number of hydrogen-bond donors (Lipinski definition) is 1. The molecule has 0 spiro atoms. The Morgan fingerprint density at radius 1 is 1.11 bits per heavy atom. The second-order valence-electron chi connectivity index (χ2n) is 7.47. The maximum Gasteiger partial charge on any atom is 0.338 e. The van der Waals surface area contributed by atoms with Crippen molar-refractivity contribution in [2.45, 2.75) is 38.5 Å². The lowest BCUT2D eigenvalue weighted by Crippen LogP contribution is -2.46. The number of nitrogens with zero attached hydrogens (tertiary/aromatic N) is 2. The van der Waals surface area contributed by atoms with E-state index in [4.69, 9.17) is 10.00 Å². The molecule has 0 unspecified atom stereocenters. The third-order valence-electron chi connectivity index (χ3n) is 5.61. The van der Waals surface area contributed by atoms with Crippen LogP contribution in [0.15, 0.2) is 24.3 Å². The van der Waals surface area contributed by atoms with Gasteiger partial charge in [0, 0.05) is 18.8 Å². The largest absolute Gasteiger partial charge is 0.452 e. The summed E-state index contributed by atoms with van der Waals surface area (Å²) in [5.74, 6) is 0.206. The van der Waals surface area contributed by atoms with E-state index in [-0.39, 0.29) is 18.9 Å². The SMILES string of the molecule is N#CCC(=O)Nc1ccc(C(=O)OCC(=O)N2CC[C@@H]3CCCC[C@@H]3C2)cc1. The molecule has 28 heavy (non-hydrogen) atoms. The fraction of sp³-hybridized carbons (Fsp3) is 0.524. The molecule has 1 aliphatic carbocycles. The molecule has 0 aromatic heterocycles. The Morgan fingerprint density at radius 2 is 1.82 bits per heavy atom. The molecule has 7 nitrogen and oxygen atoms in total. The molecule has 0 radical (unpaired) electrons. The molecule has 1 aliphatic heterocycles. The van der Waals surface area contributed by atoms with E-state index < -0.39 is 11.9 Å². The molecule has 1 N–H and O–H groups in total. The molecule has 7 heteroatoms. The number of fused-ring (bicyclic) bond motifs is 1. The van der Waals surface area contributed by atoms with Crippen LogP contribution < -0.4 is 5.32 Å². The van der Waals surface area contributed by atoms with Crippen molar-refractivity contribution < 1.29 is 19.1 Å². The Balaban J connectivity index is 1.46. The van der Waals surface area contributed by atoms with Gasteiger partial charge in [0.2, 0.25) is 5.91 Å². The van der Waals surface area contributed by atoms with Crippen molar-refractivity contribution in [3.05, 3.63) is 29.8 Å². The van der Waals surface area contributed by atoms with Crippen LogP contribution in [0.4, 0.5) is 5.69 Å². The van der Waals surface area contributed by atoms with Gasteiger partial charge in [-0.15, -0.1) is 0 Å². The van der Waals surface area contributed by atoms with Gasteiger partial charge in [0.05, 0.1) is 11.6 Å². The van der Waals surface area contributed by atoms with Crippen LogP contribution in [0.1, 0.15) is 48.9 Å². The zero-order valence-corrected chi connectivity index (χ0v) is 15.9. The van der Waals surface area contributed by atoms with Gasteiger partial charge >= 0.3 is 5.97 Å². The summed E-state index contributed by atoms with van der Waals surface area (Å²) in [7, 11) is 0. The van der Waals surface area contributed by atoms with E-state index in [1.165, 1.54) is 37.8 Å². The minimum absolute atomic E-state index is 0.141. The van der Waals surface area contributed by atoms with Gasteiger partial charge in [-0.25, -0.2) is 4.79 Å². The first-order chi connectivity index (χ1) is 13.6. The molecule has 1 aromatic rings. The molecule has 2 amide bonds. The predicted octanol–water partition coefficient (Wildman–Crippen LogP) is 2.73. The standard InChI is InChI=1S/C21H25N3O4/c22-11-9-19(25)23-18-7-5-16(6-8-18)21(27)28-14-20(26)24-12-10-15-3-1-2-4-17(15)13-24/h5-8,15,17H,1-4,9-10,12-14H2,(H,23,25)/t15-,17+/m0/s1. The number of carbonyl (C=O) groups is 3. The summed E-state index contributed by atoms with van der Waals surface area (Å²) in [5, 5.41) is 11.0. The second kappa shape index (κ2) is 9.36. The quantitative estimate of drug-likeness (QED) is 0.788. The van der Waals surface area contributed by atoms with Gasteiger partial charge in [-0.05, 0) is 48.9 Å². The van der Waals surface area contributed by atoms with Crippen molar-refractivity contribution in [3.63, 3.8) is 0 Å². The van der Waals surface area contributed by atoms with Gasteiger partial charge in [0.25, 0.3) is 5.91 Å². The first-order valence-electron chi connectivity index (χ1n) is 9.78. The number of amides is 2. The lowest BCUT2D eigenvalue weighted by Gasteiger charge is -2.41. The van der Waals surface area contributed by atoms with Gasteiger partial charge in [-0.2, -0.15) is 5.26 Å². The first-order valence-corrected chi connectivity index (χ1v) is 9.78. The average molecular weight is 383 g/mol. The average Bonchev–Trinajstić information content (AvgIpc) is 2.72. The predicted molar refractivity (Wildman–Crippen MR) is 102 cm³/mol. The van der Waals surface area contributed by atoms with Gasteiger partial charge in [0.15, 0.2) is 6.61 Å². The number of carbonyl (C=O) groups excluding carboxylic acids is 3. The van der Waals surface area contributed by atoms with Gasteiger partial charge in [0.1, 0.15) is 6.42 Å². The van der Waals surface area contributed by atoms with Crippen LogP contribution >= 0.6 is 0 Å². The summed E-state index contributed by atoms with van der Waals surface area (Å²) >= 11 is 0. The second-order valence-corrected chi connectivity index (χ2v) is 7.47. The third kappa shape index (κ3) is 5.10. The molecule has 0 bridgehead atoms. The van der Waals surface area contributed by atoms with Crippen LogP contribution in [0, 0.1) is 23.2 Å². The summed E-state index contributed by atoms with van der Waals surface area (Å²) in [6.07, 6.45) is 5.81. The number of benzene rings is 1. The molecule has 3 rings (SSSR count). The van der Waals surface area contributed by atoms with E-state index in [0.29, 0.717) is 17.2 Å². The Kier molecular flexibility index (Phi) is 6.64. The van der Waals surface area contributed by atoms with Gasteiger partial charge in [-0.1, -0.05) is 19.3 Å². The molecule has 1 heterocycles. The topological polar surface area (TPSA) is 99.5 Å². The van der Waals surface area contributed by atoms with Crippen molar-refractivity contribution in [1.82, 2.24) is 4.90 Å². The highest BCUT2D eigenvalue weighted by Gasteiger charge is 2.33. The fourth-order valence-corrected chi connectivity index (χ4v) is 4.10. The lowest BCUT2D eigenvalue weighted by molar-refractivity contribution is -0.137. The van der Waals surface area contributed by atoms with Gasteiger partial charge < -0.3 is 15.0 Å². The summed E-state index contributed by atoms with van der Waals surface area (Å²) in [5.41, 5.74) is 0.792. The van der Waals surface area contributed by atoms with E-state index in [0.717, 1.165) is 25.4 Å². The maximum atomic E-state index is 12.4. The lowest BCUT2D eigenvalue weighted by atomic mass is 9.75. The normalized spacial score (nSPS) is 21.2. The van der Waals surface area contributed by atoms with Crippen molar-refractivity contribution in [2.24, 2.45) is 11.8 Å². The number of esters is 1. The number of hydrogen-bond acceptors (Lipinski definition) is 5. The van der Waals surface area contributed by atoms with Crippen molar-refractivity contribution in [1.29, 1.82) is 5.26 Å². The molecule has 1 saturated carbocycles. The summed E-state index contributed by atoms with van der Waals surface area (Å²) in [6, 6.07) is 7.91. The number of ether oxygens (including phenoxy) is 1. The number of likely N-dealkylation sites (tertiary alicyclic amines) is 1. The molecular weight excluding hydrogens is 358 g/mol. The van der Waals surface area contributed by atoms with Crippen LogP contribution in [-0.4, -0.2) is 42.4 Å². The fourth-order valence-electron chi connectivity index (χ4n) is 4.10. The van der Waals surface area contributed by atoms with Crippen LogP contribution in [0.25, 0.3) is 0 Å². The van der Waals surface area contributed by atoms with Crippen LogP contribution in [0.2, 0.25) is 0 Å². The molecule has 148 valence electrons. The van der Waals surface area contributed by atoms with E-state index in [2.05, 4.69) is 5.32 Å². The zero-order valence-electron chi connectivity index (χ0n) is 15.9. The number of nitrogens with one attached hydrogen (secondary N) is 1. The minimum atomic E-state index is -0.573. The van der Waals surface area contributed by atoms with E-state index in [1.807, 2.05) is 4.90 Å². The van der Waals surface area contributed by atoms with Gasteiger partial charge in [-0.3, -0.25) is 9.59 Å². The number of anilines is 1. The first kappa shape index (κ1) is 19.9. The van der Waals surface area contributed by atoms with Crippen LogP contribution in [0.5, 0.6) is 0 Å². The highest BCUT2D eigenvalue weighted by Crippen LogP contribution is 2.36. The summed E-state index contributed by atoms with van der Waals surface area (Å²) < 4.78 is 5.18. The minimum Gasteiger partial charge on any atom is -0.452 e. The van der Waals surface area contributed by atoms with Crippen molar-refractivity contribution in [2.75, 3.05) is 25.0 Å². The molecule has 2 aliphatic rings. The molecule has 2 fully saturated rings. The van der Waals surface area contributed by atoms with E-state index in [1.54, 1.807) is 18.2 Å². The Bertz CT molecular complexity index is 769. The highest BCUT2D eigenvalue weighted by molar-refractivity contribution is 5.94. The maximum absolute atomic E-state index is 12.4. The molecule has 1 aromatic carbocycles. The molecular formula is C21H25N3O4. The smallest absolute Gasteiger partial charge is 0.338 e. The van der Waals surface area contributed by atoms with Crippen LogP contribution in [-0.2, 0) is 14.3 Å². The summed E-state index contributed by atoms with van der Waals surface area (Å²) in [6.45, 7) is 1.27. The highest BCUT2D eigenvalue weighted by atomic mass is 16.5. The van der Waals surface area contributed by atoms with E-state index >= 15 is 0 Å². The van der Waals surface area contributed by atoms with E-state index in [9.17, 15) is 14.4 Å². The Morgan fingerprint density at radius 3 is 2.54 bits per heavy atom. The molecule has 1 saturated heterocycles. The zero-order chi connectivity index (χ0) is 19.9. The molecule has 2 atom stereocenters. The number of nitriles is 1. The van der Waals surface area contributed by atoms with Crippen LogP contribution in [0.3, 0.4) is 0 Å². The van der Waals surface area contributed by atoms with Crippen molar-refractivity contribution >= 4 is 23.5 Å². The number of rotatable bonds is 5. The monoisotopic (exact) mass is 383 g/mol. The Hall–Kier alpha value is -2.88. The summed E-state index contributed by atoms with van der Waals surface area (Å²) in [4.78, 5) is 37.8. The van der Waals surface area contributed by atoms with Crippen molar-refractivity contribution in [3.8, 4) is 6.07 Å². The third-order valence-corrected chi connectivity index (χ3v) is 5.61.